The smallest absolute Gasteiger partial charge is 0.258 e. The van der Waals surface area contributed by atoms with E-state index in [2.05, 4.69) is 47.5 Å². The van der Waals surface area contributed by atoms with Crippen molar-refractivity contribution in [2.75, 3.05) is 0 Å². The summed E-state index contributed by atoms with van der Waals surface area (Å²) in [7, 11) is 0. The highest BCUT2D eigenvalue weighted by atomic mass is 16.5. The van der Waals surface area contributed by atoms with Crippen molar-refractivity contribution in [2.45, 2.75) is 58.7 Å². The van der Waals surface area contributed by atoms with Crippen LogP contribution in [0.5, 0.6) is 5.75 Å². The first-order valence-electron chi connectivity index (χ1n) is 10.4. The van der Waals surface area contributed by atoms with Crippen LogP contribution in [0.3, 0.4) is 0 Å². The largest absolute Gasteiger partial charge is 0.490 e. The molecule has 0 amide bonds. The fraction of sp³-hybridized carbons (Fsp3) is 0.375. The van der Waals surface area contributed by atoms with Crippen LogP contribution in [0.4, 0.5) is 0 Å². The van der Waals surface area contributed by atoms with Gasteiger partial charge in [0.25, 0.3) is 5.89 Å². The molecule has 1 atom stereocenters. The number of rotatable bonds is 6. The van der Waals surface area contributed by atoms with Gasteiger partial charge < -0.3 is 14.6 Å². The minimum atomic E-state index is -0.00727. The molecular formula is C24H26N4O2. The number of benzene rings is 2. The van der Waals surface area contributed by atoms with Gasteiger partial charge in [-0.2, -0.15) is 10.2 Å². The lowest BCUT2D eigenvalue weighted by Gasteiger charge is -2.17. The molecule has 6 nitrogen and oxygen atoms in total. The van der Waals surface area contributed by atoms with Crippen LogP contribution in [-0.4, -0.2) is 22.3 Å². The third kappa shape index (κ3) is 3.94. The average Bonchev–Trinajstić information content (AvgIpc) is 3.35. The van der Waals surface area contributed by atoms with Gasteiger partial charge in [0.15, 0.2) is 0 Å². The molecule has 30 heavy (non-hydrogen) atoms. The third-order valence-corrected chi connectivity index (χ3v) is 5.18. The maximum atomic E-state index is 9.48. The Kier molecular flexibility index (Phi) is 5.56. The number of hydrogen-bond donors (Lipinski definition) is 1. The van der Waals surface area contributed by atoms with Crippen molar-refractivity contribution in [3.05, 3.63) is 53.1 Å². The van der Waals surface area contributed by atoms with Crippen LogP contribution < -0.4 is 10.1 Å². The molecule has 0 radical (unpaired) electrons. The van der Waals surface area contributed by atoms with Crippen molar-refractivity contribution in [3.8, 4) is 34.7 Å². The van der Waals surface area contributed by atoms with Crippen LogP contribution in [0.15, 0.2) is 40.9 Å². The molecule has 1 heterocycles. The van der Waals surface area contributed by atoms with Crippen molar-refractivity contribution in [1.29, 1.82) is 5.26 Å². The molecule has 4 rings (SSSR count). The highest BCUT2D eigenvalue weighted by Gasteiger charge is 2.26. The molecule has 0 aliphatic heterocycles. The Labute approximate surface area is 176 Å². The normalized spacial score (nSPS) is 15.4. The molecule has 1 N–H and O–H groups in total. The zero-order valence-corrected chi connectivity index (χ0v) is 17.8. The lowest BCUT2D eigenvalue weighted by atomic mass is 10.0. The molecule has 1 aliphatic carbocycles. The summed E-state index contributed by atoms with van der Waals surface area (Å²) in [6.45, 7) is 8.19. The van der Waals surface area contributed by atoms with Crippen LogP contribution in [0.25, 0.3) is 22.8 Å². The van der Waals surface area contributed by atoms with Gasteiger partial charge in [-0.3, -0.25) is 0 Å². The number of nitrogens with one attached hydrogen (secondary N) is 1. The van der Waals surface area contributed by atoms with Crippen molar-refractivity contribution in [3.63, 3.8) is 0 Å². The first-order chi connectivity index (χ1) is 14.5. The Morgan fingerprint density at radius 3 is 2.77 bits per heavy atom. The summed E-state index contributed by atoms with van der Waals surface area (Å²) < 4.78 is 11.2. The van der Waals surface area contributed by atoms with E-state index in [1.807, 2.05) is 26.0 Å². The Hall–Kier alpha value is -3.17. The Morgan fingerprint density at radius 1 is 1.20 bits per heavy atom. The van der Waals surface area contributed by atoms with Gasteiger partial charge in [0.05, 0.1) is 11.7 Å². The number of ether oxygens (including phenoxy) is 1. The molecular weight excluding hydrogens is 376 g/mol. The summed E-state index contributed by atoms with van der Waals surface area (Å²) in [5.41, 5.74) is 4.75. The van der Waals surface area contributed by atoms with Crippen LogP contribution >= 0.6 is 0 Å². The van der Waals surface area contributed by atoms with Gasteiger partial charge in [0.1, 0.15) is 11.8 Å². The van der Waals surface area contributed by atoms with Gasteiger partial charge in [-0.05, 0) is 56.0 Å². The van der Waals surface area contributed by atoms with Gasteiger partial charge in [-0.25, -0.2) is 0 Å². The lowest BCUT2D eigenvalue weighted by Crippen LogP contribution is -2.26. The van der Waals surface area contributed by atoms with Gasteiger partial charge in [0, 0.05) is 23.2 Å². The summed E-state index contributed by atoms with van der Waals surface area (Å²) >= 11 is 0. The van der Waals surface area contributed by atoms with E-state index in [1.54, 1.807) is 12.1 Å². The second-order valence-electron chi connectivity index (χ2n) is 8.20. The Bertz CT molecular complexity index is 1090. The SMILES string of the molecule is CC(C)N[C@H]1CCc2c(-c3noc(-c4ccc(OC(C)C)c(C#N)c4)n3)cccc21. The summed E-state index contributed by atoms with van der Waals surface area (Å²) in [4.78, 5) is 4.63. The van der Waals surface area contributed by atoms with E-state index in [1.165, 1.54) is 11.1 Å². The Morgan fingerprint density at radius 2 is 2.03 bits per heavy atom. The van der Waals surface area contributed by atoms with Crippen LogP contribution in [0.2, 0.25) is 0 Å². The van der Waals surface area contributed by atoms with E-state index in [0.717, 1.165) is 18.4 Å². The number of nitrogens with zero attached hydrogens (tertiary/aromatic N) is 3. The molecule has 0 spiro atoms. The molecule has 6 heteroatoms. The van der Waals surface area contributed by atoms with Crippen LogP contribution in [0.1, 0.15) is 56.8 Å². The fourth-order valence-corrected chi connectivity index (χ4v) is 4.00. The van der Waals surface area contributed by atoms with E-state index < -0.39 is 0 Å². The summed E-state index contributed by atoms with van der Waals surface area (Å²) in [5.74, 6) is 1.53. The number of aromatic nitrogens is 2. The van der Waals surface area contributed by atoms with Crippen LogP contribution in [0, 0.1) is 11.3 Å². The Balaban J connectivity index is 1.65. The van der Waals surface area contributed by atoms with E-state index in [4.69, 9.17) is 9.26 Å². The molecule has 0 saturated carbocycles. The molecule has 1 aromatic heterocycles. The molecule has 2 aromatic carbocycles. The molecule has 0 fully saturated rings. The molecule has 0 unspecified atom stereocenters. The molecule has 1 aliphatic rings. The molecule has 0 bridgehead atoms. The molecule has 0 saturated heterocycles. The maximum absolute atomic E-state index is 9.48. The topological polar surface area (TPSA) is 84.0 Å². The monoisotopic (exact) mass is 402 g/mol. The number of hydrogen-bond acceptors (Lipinski definition) is 6. The van der Waals surface area contributed by atoms with Crippen molar-refractivity contribution in [2.24, 2.45) is 0 Å². The maximum Gasteiger partial charge on any atom is 0.258 e. The van der Waals surface area contributed by atoms with E-state index in [9.17, 15) is 5.26 Å². The standard InChI is InChI=1S/C24H26N4O2/c1-14(2)26-21-10-9-18-19(21)6-5-7-20(18)23-27-24(30-28-23)16-8-11-22(29-15(3)4)17(12-16)13-25/h5-8,11-12,14-15,21,26H,9-10H2,1-4H3/t21-/m0/s1. The molecule has 3 aromatic rings. The highest BCUT2D eigenvalue weighted by Crippen LogP contribution is 2.37. The van der Waals surface area contributed by atoms with Crippen molar-refractivity contribution < 1.29 is 9.26 Å². The van der Waals surface area contributed by atoms with Gasteiger partial charge >= 0.3 is 0 Å². The zero-order chi connectivity index (χ0) is 21.3. The molecule has 154 valence electrons. The zero-order valence-electron chi connectivity index (χ0n) is 17.8. The minimum absolute atomic E-state index is 0.00727. The van der Waals surface area contributed by atoms with Gasteiger partial charge in [-0.15, -0.1) is 0 Å². The second kappa shape index (κ2) is 8.29. The summed E-state index contributed by atoms with van der Waals surface area (Å²) in [6.07, 6.45) is 2.05. The van der Waals surface area contributed by atoms with E-state index >= 15 is 0 Å². The fourth-order valence-electron chi connectivity index (χ4n) is 4.00. The average molecular weight is 402 g/mol. The highest BCUT2D eigenvalue weighted by molar-refractivity contribution is 5.67. The van der Waals surface area contributed by atoms with E-state index in [0.29, 0.717) is 40.7 Å². The van der Waals surface area contributed by atoms with Gasteiger partial charge in [0.2, 0.25) is 5.82 Å². The number of fused-ring (bicyclic) bond motifs is 1. The van der Waals surface area contributed by atoms with Crippen LogP contribution in [-0.2, 0) is 6.42 Å². The van der Waals surface area contributed by atoms with E-state index in [-0.39, 0.29) is 6.10 Å². The lowest BCUT2D eigenvalue weighted by molar-refractivity contribution is 0.241. The first-order valence-corrected chi connectivity index (χ1v) is 10.4. The predicted molar refractivity (Wildman–Crippen MR) is 115 cm³/mol. The predicted octanol–water partition coefficient (Wildman–Crippen LogP) is 5.05. The quantitative estimate of drug-likeness (QED) is 0.621. The third-order valence-electron chi connectivity index (χ3n) is 5.18. The summed E-state index contributed by atoms with van der Waals surface area (Å²) in [5, 5.41) is 17.3. The second-order valence-corrected chi connectivity index (χ2v) is 8.20. The first kappa shape index (κ1) is 20.1. The summed E-state index contributed by atoms with van der Waals surface area (Å²) in [6, 6.07) is 14.6. The van der Waals surface area contributed by atoms with Crippen molar-refractivity contribution in [1.82, 2.24) is 15.5 Å². The minimum Gasteiger partial charge on any atom is -0.490 e. The van der Waals surface area contributed by atoms with Gasteiger partial charge in [-0.1, -0.05) is 37.2 Å². The van der Waals surface area contributed by atoms with Crippen molar-refractivity contribution >= 4 is 0 Å². The number of nitriles is 1.